The summed E-state index contributed by atoms with van der Waals surface area (Å²) in [6.07, 6.45) is 0.716. The average molecular weight is 421 g/mol. The largest absolute Gasteiger partial charge is 0.326 e. The van der Waals surface area contributed by atoms with Crippen LogP contribution in [0, 0.1) is 0 Å². The van der Waals surface area contributed by atoms with E-state index in [1.165, 1.54) is 4.31 Å². The van der Waals surface area contributed by atoms with E-state index < -0.39 is 10.0 Å². The van der Waals surface area contributed by atoms with Gasteiger partial charge in [0.15, 0.2) is 0 Å². The lowest BCUT2D eigenvalue weighted by molar-refractivity contribution is 0.472. The Bertz CT molecular complexity index is 539. The summed E-state index contributed by atoms with van der Waals surface area (Å²) in [5, 5.41) is 0. The van der Waals surface area contributed by atoms with Crippen LogP contribution in [0.2, 0.25) is 0 Å². The van der Waals surface area contributed by atoms with Crippen molar-refractivity contribution < 1.29 is 8.42 Å². The smallest absolute Gasteiger partial charge is 0.244 e. The number of halogens is 3. The number of benzene rings is 1. The van der Waals surface area contributed by atoms with Crippen LogP contribution in [0.4, 0.5) is 0 Å². The maximum Gasteiger partial charge on any atom is 0.244 e. The molecule has 4 nitrogen and oxygen atoms in total. The Morgan fingerprint density at radius 1 is 1.33 bits per heavy atom. The summed E-state index contributed by atoms with van der Waals surface area (Å²) >= 11 is 6.58. The van der Waals surface area contributed by atoms with Crippen LogP contribution in [0.5, 0.6) is 0 Å². The summed E-state index contributed by atoms with van der Waals surface area (Å²) in [4.78, 5) is 0.287. The maximum atomic E-state index is 12.3. The van der Waals surface area contributed by atoms with Gasteiger partial charge in [-0.3, -0.25) is 0 Å². The van der Waals surface area contributed by atoms with Gasteiger partial charge in [-0.1, -0.05) is 15.9 Å². The van der Waals surface area contributed by atoms with Crippen LogP contribution < -0.4 is 5.73 Å². The molecule has 8 heteroatoms. The van der Waals surface area contributed by atoms with Gasteiger partial charge in [0.1, 0.15) is 0 Å². The molecule has 18 heavy (non-hydrogen) atoms. The van der Waals surface area contributed by atoms with E-state index in [4.69, 9.17) is 5.73 Å². The zero-order chi connectivity index (χ0) is 12.6. The molecule has 1 atom stereocenters. The minimum Gasteiger partial charge on any atom is -0.326 e. The Morgan fingerprint density at radius 2 is 2.00 bits per heavy atom. The number of sulfonamides is 1. The summed E-state index contributed by atoms with van der Waals surface area (Å²) in [6.45, 7) is 0.886. The molecule has 1 fully saturated rings. The van der Waals surface area contributed by atoms with E-state index >= 15 is 0 Å². The van der Waals surface area contributed by atoms with Gasteiger partial charge >= 0.3 is 0 Å². The normalized spacial score (nSPS) is 20.7. The zero-order valence-corrected chi connectivity index (χ0v) is 14.1. The summed E-state index contributed by atoms with van der Waals surface area (Å²) in [6, 6.07) is 4.98. The SMILES string of the molecule is Cl.NC1CCN(S(=O)(=O)c2ccc(Br)cc2Br)C1. The Labute approximate surface area is 130 Å². The highest BCUT2D eigenvalue weighted by atomic mass is 79.9. The highest BCUT2D eigenvalue weighted by Crippen LogP contribution is 2.29. The first-order valence-electron chi connectivity index (χ1n) is 5.12. The third-order valence-corrected chi connectivity index (χ3v) is 6.03. The fourth-order valence-corrected chi connectivity index (χ4v) is 5.01. The molecule has 2 N–H and O–H groups in total. The second-order valence-electron chi connectivity index (χ2n) is 3.99. The van der Waals surface area contributed by atoms with Crippen molar-refractivity contribution >= 4 is 54.3 Å². The molecule has 1 aliphatic heterocycles. The quantitative estimate of drug-likeness (QED) is 0.799. The molecule has 2 rings (SSSR count). The predicted octanol–water partition coefficient (Wildman–Crippen LogP) is 2.36. The van der Waals surface area contributed by atoms with Crippen molar-refractivity contribution in [2.45, 2.75) is 17.4 Å². The third kappa shape index (κ3) is 3.26. The van der Waals surface area contributed by atoms with Gasteiger partial charge in [-0.05, 0) is 40.5 Å². The first kappa shape index (κ1) is 16.4. The van der Waals surface area contributed by atoms with Gasteiger partial charge in [-0.25, -0.2) is 8.42 Å². The molecular weight excluding hydrogens is 407 g/mol. The Balaban J connectivity index is 0.00000162. The van der Waals surface area contributed by atoms with Gasteiger partial charge in [0.2, 0.25) is 10.0 Å². The van der Waals surface area contributed by atoms with Crippen molar-refractivity contribution in [3.63, 3.8) is 0 Å². The van der Waals surface area contributed by atoms with Crippen molar-refractivity contribution in [1.82, 2.24) is 4.31 Å². The van der Waals surface area contributed by atoms with Crippen molar-refractivity contribution in [3.8, 4) is 0 Å². The Kier molecular flexibility index (Phi) is 5.64. The maximum absolute atomic E-state index is 12.3. The van der Waals surface area contributed by atoms with Crippen LogP contribution in [-0.2, 0) is 10.0 Å². The van der Waals surface area contributed by atoms with E-state index in [1.54, 1.807) is 18.2 Å². The molecule has 0 aliphatic carbocycles. The second kappa shape index (κ2) is 6.19. The number of rotatable bonds is 2. The molecule has 1 heterocycles. The average Bonchev–Trinajstić information content (AvgIpc) is 2.64. The Morgan fingerprint density at radius 3 is 2.50 bits per heavy atom. The Hall–Kier alpha value is 0.340. The van der Waals surface area contributed by atoms with Gasteiger partial charge in [0.05, 0.1) is 4.90 Å². The van der Waals surface area contributed by atoms with E-state index in [0.717, 1.165) is 4.47 Å². The molecule has 0 spiro atoms. The zero-order valence-electron chi connectivity index (χ0n) is 9.34. The first-order chi connectivity index (χ1) is 7.91. The lowest BCUT2D eigenvalue weighted by atomic mass is 10.3. The molecule has 1 aromatic carbocycles. The molecule has 0 aromatic heterocycles. The van der Waals surface area contributed by atoms with Crippen LogP contribution >= 0.6 is 44.3 Å². The monoisotopic (exact) mass is 418 g/mol. The third-order valence-electron chi connectivity index (χ3n) is 2.70. The minimum atomic E-state index is -3.43. The van der Waals surface area contributed by atoms with Crippen molar-refractivity contribution in [2.75, 3.05) is 13.1 Å². The first-order valence-corrected chi connectivity index (χ1v) is 8.14. The molecule has 1 unspecified atom stereocenters. The molecule has 1 aliphatic rings. The number of nitrogens with two attached hydrogens (primary N) is 1. The second-order valence-corrected chi connectivity index (χ2v) is 7.66. The standard InChI is InChI=1S/C10H12Br2N2O2S.ClH/c11-7-1-2-10(9(12)5-7)17(15,16)14-4-3-8(13)6-14;/h1-2,5,8H,3-4,6,13H2;1H. The van der Waals surface area contributed by atoms with E-state index in [9.17, 15) is 8.42 Å². The van der Waals surface area contributed by atoms with Gasteiger partial charge < -0.3 is 5.73 Å². The van der Waals surface area contributed by atoms with Crippen LogP contribution in [0.15, 0.2) is 32.0 Å². The number of nitrogens with zero attached hydrogens (tertiary/aromatic N) is 1. The number of hydrogen-bond donors (Lipinski definition) is 1. The number of hydrogen-bond acceptors (Lipinski definition) is 3. The molecule has 0 radical (unpaired) electrons. The summed E-state index contributed by atoms with van der Waals surface area (Å²) in [7, 11) is -3.43. The van der Waals surface area contributed by atoms with E-state index in [0.29, 0.717) is 24.0 Å². The molecule has 0 bridgehead atoms. The van der Waals surface area contributed by atoms with E-state index in [1.807, 2.05) is 0 Å². The van der Waals surface area contributed by atoms with Crippen LogP contribution in [0.25, 0.3) is 0 Å². The van der Waals surface area contributed by atoms with E-state index in [2.05, 4.69) is 31.9 Å². The molecule has 1 aromatic rings. The van der Waals surface area contributed by atoms with Crippen molar-refractivity contribution in [2.24, 2.45) is 5.73 Å². The van der Waals surface area contributed by atoms with Gasteiger partial charge in [-0.15, -0.1) is 12.4 Å². The van der Waals surface area contributed by atoms with Crippen molar-refractivity contribution in [1.29, 1.82) is 0 Å². The molecule has 0 amide bonds. The highest BCUT2D eigenvalue weighted by Gasteiger charge is 2.32. The van der Waals surface area contributed by atoms with Gasteiger partial charge in [0, 0.05) is 28.1 Å². The fourth-order valence-electron chi connectivity index (χ4n) is 1.80. The van der Waals surface area contributed by atoms with Crippen molar-refractivity contribution in [3.05, 3.63) is 27.1 Å². The van der Waals surface area contributed by atoms with E-state index in [-0.39, 0.29) is 23.3 Å². The minimum absolute atomic E-state index is 0. The van der Waals surface area contributed by atoms with Crippen LogP contribution in [-0.4, -0.2) is 31.9 Å². The molecule has 1 saturated heterocycles. The summed E-state index contributed by atoms with van der Waals surface area (Å²) in [5.41, 5.74) is 5.74. The lowest BCUT2D eigenvalue weighted by Gasteiger charge is -2.17. The summed E-state index contributed by atoms with van der Waals surface area (Å²) in [5.74, 6) is 0. The lowest BCUT2D eigenvalue weighted by Crippen LogP contribution is -2.32. The van der Waals surface area contributed by atoms with Crippen LogP contribution in [0.1, 0.15) is 6.42 Å². The summed E-state index contributed by atoms with van der Waals surface area (Å²) < 4.78 is 27.5. The fraction of sp³-hybridized carbons (Fsp3) is 0.400. The molecule has 102 valence electrons. The van der Waals surface area contributed by atoms with Gasteiger partial charge in [-0.2, -0.15) is 4.31 Å². The van der Waals surface area contributed by atoms with Crippen LogP contribution in [0.3, 0.4) is 0 Å². The topological polar surface area (TPSA) is 63.4 Å². The molecule has 0 saturated carbocycles. The predicted molar refractivity (Wildman–Crippen MR) is 80.4 cm³/mol. The van der Waals surface area contributed by atoms with Gasteiger partial charge in [0.25, 0.3) is 0 Å². The molecular formula is C10H13Br2ClN2O2S. The highest BCUT2D eigenvalue weighted by molar-refractivity contribution is 9.11.